The van der Waals surface area contributed by atoms with Gasteiger partial charge in [0.25, 0.3) is 0 Å². The van der Waals surface area contributed by atoms with Crippen LogP contribution in [0.2, 0.25) is 0 Å². The van der Waals surface area contributed by atoms with E-state index in [1.54, 1.807) is 0 Å². The normalized spacial score (nSPS) is 13.2. The lowest BCUT2D eigenvalue weighted by atomic mass is 9.98. The molecule has 0 saturated heterocycles. The van der Waals surface area contributed by atoms with E-state index in [4.69, 9.17) is 11.1 Å². The topological polar surface area (TPSA) is 49.9 Å². The largest absolute Gasteiger partial charge is 0.330 e. The minimum atomic E-state index is 0.426. The average molecular weight is 128 g/mol. The Labute approximate surface area is 57.0 Å². The second-order valence-electron chi connectivity index (χ2n) is 2.37. The molecule has 0 bridgehead atoms. The zero-order valence-electron chi connectivity index (χ0n) is 6.28. The van der Waals surface area contributed by atoms with Crippen molar-refractivity contribution in [3.63, 3.8) is 0 Å². The van der Waals surface area contributed by atoms with Crippen LogP contribution in [0.3, 0.4) is 0 Å². The summed E-state index contributed by atoms with van der Waals surface area (Å²) in [5, 5.41) is 7.30. The molecule has 0 aliphatic heterocycles. The van der Waals surface area contributed by atoms with Gasteiger partial charge in [0, 0.05) is 5.71 Å². The standard InChI is InChI=1S/C7H16N2/c1-3-7(4-5-8)6(2)9/h7,9H,3-5,8H2,1-2H3. The van der Waals surface area contributed by atoms with E-state index in [9.17, 15) is 0 Å². The molecule has 0 aliphatic carbocycles. The maximum absolute atomic E-state index is 7.30. The predicted molar refractivity (Wildman–Crippen MR) is 40.9 cm³/mol. The molecule has 0 spiro atoms. The zero-order valence-corrected chi connectivity index (χ0v) is 6.28. The molecular weight excluding hydrogens is 112 g/mol. The summed E-state index contributed by atoms with van der Waals surface area (Å²) < 4.78 is 0. The molecule has 0 amide bonds. The number of nitrogens with one attached hydrogen (secondary N) is 1. The molecule has 0 aromatic carbocycles. The van der Waals surface area contributed by atoms with Gasteiger partial charge in [-0.25, -0.2) is 0 Å². The Kier molecular flexibility index (Phi) is 4.32. The maximum atomic E-state index is 7.30. The Hall–Kier alpha value is -0.370. The van der Waals surface area contributed by atoms with Gasteiger partial charge in [-0.2, -0.15) is 0 Å². The van der Waals surface area contributed by atoms with Crippen molar-refractivity contribution >= 4 is 5.71 Å². The van der Waals surface area contributed by atoms with Gasteiger partial charge in [-0.15, -0.1) is 0 Å². The van der Waals surface area contributed by atoms with Gasteiger partial charge in [-0.3, -0.25) is 0 Å². The minimum Gasteiger partial charge on any atom is -0.330 e. The monoisotopic (exact) mass is 128 g/mol. The lowest BCUT2D eigenvalue weighted by molar-refractivity contribution is 0.609. The van der Waals surface area contributed by atoms with Gasteiger partial charge in [0.15, 0.2) is 0 Å². The van der Waals surface area contributed by atoms with Gasteiger partial charge in [0.2, 0.25) is 0 Å². The van der Waals surface area contributed by atoms with Gasteiger partial charge >= 0.3 is 0 Å². The molecule has 0 heterocycles. The molecule has 2 nitrogen and oxygen atoms in total. The van der Waals surface area contributed by atoms with Crippen molar-refractivity contribution in [2.75, 3.05) is 6.54 Å². The Morgan fingerprint density at radius 3 is 2.33 bits per heavy atom. The molecule has 1 atom stereocenters. The summed E-state index contributed by atoms with van der Waals surface area (Å²) in [7, 11) is 0. The van der Waals surface area contributed by atoms with Crippen LogP contribution in [0.1, 0.15) is 26.7 Å². The van der Waals surface area contributed by atoms with E-state index < -0.39 is 0 Å². The van der Waals surface area contributed by atoms with Crippen molar-refractivity contribution in [3.8, 4) is 0 Å². The molecule has 9 heavy (non-hydrogen) atoms. The van der Waals surface area contributed by atoms with Gasteiger partial charge in [0.1, 0.15) is 0 Å². The first kappa shape index (κ1) is 8.63. The van der Waals surface area contributed by atoms with Crippen LogP contribution in [0, 0.1) is 11.3 Å². The third-order valence-electron chi connectivity index (χ3n) is 1.62. The van der Waals surface area contributed by atoms with E-state index in [2.05, 4.69) is 6.92 Å². The third-order valence-corrected chi connectivity index (χ3v) is 1.62. The van der Waals surface area contributed by atoms with Crippen LogP contribution in [0.5, 0.6) is 0 Å². The highest BCUT2D eigenvalue weighted by atomic mass is 14.5. The van der Waals surface area contributed by atoms with Crippen LogP contribution in [0.25, 0.3) is 0 Å². The van der Waals surface area contributed by atoms with Crippen molar-refractivity contribution in [2.45, 2.75) is 26.7 Å². The van der Waals surface area contributed by atoms with Crippen LogP contribution < -0.4 is 5.73 Å². The van der Waals surface area contributed by atoms with Gasteiger partial charge < -0.3 is 11.1 Å². The van der Waals surface area contributed by atoms with E-state index in [-0.39, 0.29) is 0 Å². The first-order valence-electron chi connectivity index (χ1n) is 3.47. The highest BCUT2D eigenvalue weighted by molar-refractivity contribution is 5.81. The lowest BCUT2D eigenvalue weighted by Gasteiger charge is -2.10. The highest BCUT2D eigenvalue weighted by Gasteiger charge is 2.05. The van der Waals surface area contributed by atoms with Crippen molar-refractivity contribution in [1.29, 1.82) is 5.41 Å². The average Bonchev–Trinajstić information content (AvgIpc) is 1.82. The predicted octanol–water partition coefficient (Wildman–Crippen LogP) is 1.40. The molecule has 0 aliphatic rings. The molecule has 54 valence electrons. The third kappa shape index (κ3) is 3.25. The summed E-state index contributed by atoms with van der Waals surface area (Å²) in [6, 6.07) is 0. The van der Waals surface area contributed by atoms with Crippen molar-refractivity contribution < 1.29 is 0 Å². The number of hydrogen-bond donors (Lipinski definition) is 2. The summed E-state index contributed by atoms with van der Waals surface area (Å²) in [5.41, 5.74) is 6.11. The zero-order chi connectivity index (χ0) is 7.28. The molecule has 3 N–H and O–H groups in total. The Morgan fingerprint density at radius 1 is 1.67 bits per heavy atom. The molecular formula is C7H16N2. The first-order chi connectivity index (χ1) is 4.22. The molecule has 0 radical (unpaired) electrons. The quantitative estimate of drug-likeness (QED) is 0.552. The lowest BCUT2D eigenvalue weighted by Crippen LogP contribution is -2.14. The minimum absolute atomic E-state index is 0.426. The fourth-order valence-corrected chi connectivity index (χ4v) is 0.928. The number of hydrogen-bond acceptors (Lipinski definition) is 2. The maximum Gasteiger partial charge on any atom is 0.00894 e. The van der Waals surface area contributed by atoms with E-state index in [0.717, 1.165) is 18.6 Å². The summed E-state index contributed by atoms with van der Waals surface area (Å²) in [6.45, 7) is 4.65. The summed E-state index contributed by atoms with van der Waals surface area (Å²) in [4.78, 5) is 0. The molecule has 0 rings (SSSR count). The van der Waals surface area contributed by atoms with Crippen molar-refractivity contribution in [3.05, 3.63) is 0 Å². The number of rotatable bonds is 4. The van der Waals surface area contributed by atoms with Crippen LogP contribution in [-0.2, 0) is 0 Å². The number of nitrogens with two attached hydrogens (primary N) is 1. The van der Waals surface area contributed by atoms with Gasteiger partial charge in [0.05, 0.1) is 0 Å². The highest BCUT2D eigenvalue weighted by Crippen LogP contribution is 2.07. The van der Waals surface area contributed by atoms with Crippen LogP contribution in [-0.4, -0.2) is 12.3 Å². The molecule has 0 fully saturated rings. The molecule has 0 aromatic rings. The molecule has 0 saturated carbocycles. The van der Waals surface area contributed by atoms with Crippen LogP contribution in [0.15, 0.2) is 0 Å². The van der Waals surface area contributed by atoms with E-state index in [1.165, 1.54) is 0 Å². The van der Waals surface area contributed by atoms with Crippen molar-refractivity contribution in [2.24, 2.45) is 11.7 Å². The summed E-state index contributed by atoms with van der Waals surface area (Å²) >= 11 is 0. The van der Waals surface area contributed by atoms with Crippen molar-refractivity contribution in [1.82, 2.24) is 0 Å². The van der Waals surface area contributed by atoms with Crippen LogP contribution in [0.4, 0.5) is 0 Å². The van der Waals surface area contributed by atoms with Crippen LogP contribution >= 0.6 is 0 Å². The fourth-order valence-electron chi connectivity index (χ4n) is 0.928. The SMILES string of the molecule is CCC(CCN)C(C)=N. The van der Waals surface area contributed by atoms with E-state index >= 15 is 0 Å². The fraction of sp³-hybridized carbons (Fsp3) is 0.857. The van der Waals surface area contributed by atoms with Gasteiger partial charge in [-0.05, 0) is 32.2 Å². The Morgan fingerprint density at radius 2 is 2.22 bits per heavy atom. The summed E-state index contributed by atoms with van der Waals surface area (Å²) in [6.07, 6.45) is 2.01. The molecule has 0 aromatic heterocycles. The summed E-state index contributed by atoms with van der Waals surface area (Å²) in [5.74, 6) is 0.426. The van der Waals surface area contributed by atoms with E-state index in [1.807, 2.05) is 6.92 Å². The molecule has 1 unspecified atom stereocenters. The second-order valence-corrected chi connectivity index (χ2v) is 2.37. The first-order valence-corrected chi connectivity index (χ1v) is 3.47. The van der Waals surface area contributed by atoms with E-state index in [0.29, 0.717) is 12.5 Å². The van der Waals surface area contributed by atoms with Gasteiger partial charge in [-0.1, -0.05) is 6.92 Å². The molecule has 2 heteroatoms. The Balaban J connectivity index is 3.54. The smallest absolute Gasteiger partial charge is 0.00894 e. The second kappa shape index (κ2) is 4.50. The Bertz CT molecular complexity index is 88.9.